The monoisotopic (exact) mass is 249 g/mol. The lowest BCUT2D eigenvalue weighted by Gasteiger charge is -2.35. The van der Waals surface area contributed by atoms with Crippen LogP contribution in [0, 0.1) is 0 Å². The van der Waals surface area contributed by atoms with Crippen LogP contribution in [0.4, 0.5) is 0 Å². The summed E-state index contributed by atoms with van der Waals surface area (Å²) in [5, 5.41) is 0.871. The quantitative estimate of drug-likeness (QED) is 0.802. The third kappa shape index (κ3) is 2.00. The van der Waals surface area contributed by atoms with Crippen molar-refractivity contribution in [2.45, 2.75) is 56.9 Å². The summed E-state index contributed by atoms with van der Waals surface area (Å²) < 4.78 is 0. The van der Waals surface area contributed by atoms with Crippen LogP contribution in [-0.4, -0.2) is 0 Å². The fourth-order valence-electron chi connectivity index (χ4n) is 3.56. The summed E-state index contributed by atoms with van der Waals surface area (Å²) in [5.74, 6) is 0. The number of rotatable bonds is 1. The van der Waals surface area contributed by atoms with E-state index >= 15 is 0 Å². The fraction of sp³-hybridized carbons (Fsp3) is 0.600. The van der Waals surface area contributed by atoms with Gasteiger partial charge in [0, 0.05) is 10.6 Å². The molecule has 1 nitrogen and oxygen atoms in total. The molecule has 0 atom stereocenters. The molecule has 2 aliphatic carbocycles. The van der Waals surface area contributed by atoms with Gasteiger partial charge in [0.15, 0.2) is 0 Å². The largest absolute Gasteiger partial charge is 0.321 e. The molecule has 2 heteroatoms. The Morgan fingerprint density at radius 3 is 2.53 bits per heavy atom. The van der Waals surface area contributed by atoms with Gasteiger partial charge in [-0.15, -0.1) is 0 Å². The highest BCUT2D eigenvalue weighted by atomic mass is 35.5. The Morgan fingerprint density at radius 1 is 1.00 bits per heavy atom. The van der Waals surface area contributed by atoms with Gasteiger partial charge in [0.2, 0.25) is 0 Å². The molecule has 1 aromatic rings. The molecule has 1 saturated carbocycles. The van der Waals surface area contributed by atoms with Crippen LogP contribution < -0.4 is 5.73 Å². The van der Waals surface area contributed by atoms with Gasteiger partial charge in [0.05, 0.1) is 0 Å². The molecule has 0 radical (unpaired) electrons. The summed E-state index contributed by atoms with van der Waals surface area (Å²) in [6.07, 6.45) is 9.75. The molecule has 92 valence electrons. The van der Waals surface area contributed by atoms with Crippen LogP contribution in [0.2, 0.25) is 5.02 Å². The first-order valence-corrected chi connectivity index (χ1v) is 7.17. The minimum absolute atomic E-state index is 0.0996. The van der Waals surface area contributed by atoms with Gasteiger partial charge in [-0.3, -0.25) is 0 Å². The fourth-order valence-corrected chi connectivity index (χ4v) is 3.80. The van der Waals surface area contributed by atoms with E-state index in [1.54, 1.807) is 0 Å². The molecule has 3 rings (SSSR count). The van der Waals surface area contributed by atoms with Crippen molar-refractivity contribution in [3.05, 3.63) is 33.8 Å². The summed E-state index contributed by atoms with van der Waals surface area (Å²) in [6.45, 7) is 0. The number of fused-ring (bicyclic) bond motifs is 1. The molecular weight excluding hydrogens is 230 g/mol. The number of aryl methyl sites for hydroxylation is 1. The molecule has 0 saturated heterocycles. The summed E-state index contributed by atoms with van der Waals surface area (Å²) >= 11 is 6.25. The van der Waals surface area contributed by atoms with Crippen LogP contribution in [0.1, 0.15) is 55.2 Å². The Morgan fingerprint density at radius 2 is 1.76 bits per heavy atom. The average molecular weight is 250 g/mol. The molecule has 2 N–H and O–H groups in total. The van der Waals surface area contributed by atoms with Crippen molar-refractivity contribution in [1.29, 1.82) is 0 Å². The minimum atomic E-state index is -0.0996. The number of benzene rings is 1. The second-order valence-electron chi connectivity index (χ2n) is 5.66. The predicted molar refractivity (Wildman–Crippen MR) is 72.4 cm³/mol. The highest BCUT2D eigenvalue weighted by molar-refractivity contribution is 6.30. The standard InChI is InChI=1S/C15H20ClN/c16-12-9-11-5-4-6-13(11)14(10-12)15(17)7-2-1-3-8-15/h9-10H,1-8,17H2. The van der Waals surface area contributed by atoms with Gasteiger partial charge >= 0.3 is 0 Å². The van der Waals surface area contributed by atoms with Gasteiger partial charge in [-0.1, -0.05) is 30.9 Å². The van der Waals surface area contributed by atoms with Crippen LogP contribution in [0.3, 0.4) is 0 Å². The Bertz CT molecular complexity index is 433. The molecule has 1 fully saturated rings. The van der Waals surface area contributed by atoms with E-state index in [-0.39, 0.29) is 5.54 Å². The molecule has 0 heterocycles. The molecule has 0 amide bonds. The van der Waals surface area contributed by atoms with Crippen LogP contribution in [-0.2, 0) is 18.4 Å². The average Bonchev–Trinajstić information content (AvgIpc) is 2.76. The lowest BCUT2D eigenvalue weighted by atomic mass is 9.75. The van der Waals surface area contributed by atoms with Gasteiger partial charge in [0.1, 0.15) is 0 Å². The van der Waals surface area contributed by atoms with Crippen molar-refractivity contribution >= 4 is 11.6 Å². The first-order valence-electron chi connectivity index (χ1n) is 6.80. The Kier molecular flexibility index (Phi) is 2.92. The molecule has 0 bridgehead atoms. The highest BCUT2D eigenvalue weighted by Gasteiger charge is 2.33. The second-order valence-corrected chi connectivity index (χ2v) is 6.10. The van der Waals surface area contributed by atoms with Gasteiger partial charge in [-0.25, -0.2) is 0 Å². The van der Waals surface area contributed by atoms with Gasteiger partial charge < -0.3 is 5.73 Å². The van der Waals surface area contributed by atoms with Crippen LogP contribution in [0.5, 0.6) is 0 Å². The lowest BCUT2D eigenvalue weighted by molar-refractivity contribution is 0.300. The van der Waals surface area contributed by atoms with Crippen molar-refractivity contribution in [3.8, 4) is 0 Å². The van der Waals surface area contributed by atoms with Crippen molar-refractivity contribution in [1.82, 2.24) is 0 Å². The summed E-state index contributed by atoms with van der Waals surface area (Å²) in [5.41, 5.74) is 10.9. The molecular formula is C15H20ClN. The summed E-state index contributed by atoms with van der Waals surface area (Å²) in [7, 11) is 0. The van der Waals surface area contributed by atoms with Crippen molar-refractivity contribution in [3.63, 3.8) is 0 Å². The smallest absolute Gasteiger partial charge is 0.0413 e. The molecule has 2 aliphatic rings. The minimum Gasteiger partial charge on any atom is -0.321 e. The molecule has 0 spiro atoms. The molecule has 17 heavy (non-hydrogen) atoms. The third-order valence-electron chi connectivity index (χ3n) is 4.46. The molecule has 1 aromatic carbocycles. The van der Waals surface area contributed by atoms with E-state index in [9.17, 15) is 0 Å². The van der Waals surface area contributed by atoms with Gasteiger partial charge in [-0.05, 0) is 60.9 Å². The second kappa shape index (κ2) is 4.29. The van der Waals surface area contributed by atoms with Crippen LogP contribution in [0.25, 0.3) is 0 Å². The molecule has 0 aliphatic heterocycles. The van der Waals surface area contributed by atoms with E-state index in [0.29, 0.717) is 0 Å². The van der Waals surface area contributed by atoms with E-state index < -0.39 is 0 Å². The Balaban J connectivity index is 2.07. The lowest BCUT2D eigenvalue weighted by Crippen LogP contribution is -2.39. The summed E-state index contributed by atoms with van der Waals surface area (Å²) in [6, 6.07) is 4.27. The highest BCUT2D eigenvalue weighted by Crippen LogP contribution is 2.40. The van der Waals surface area contributed by atoms with E-state index in [1.165, 1.54) is 55.2 Å². The van der Waals surface area contributed by atoms with E-state index in [4.69, 9.17) is 17.3 Å². The maximum Gasteiger partial charge on any atom is 0.0413 e. The normalized spacial score (nSPS) is 22.5. The molecule has 0 aromatic heterocycles. The van der Waals surface area contributed by atoms with E-state index in [2.05, 4.69) is 12.1 Å². The predicted octanol–water partition coefficient (Wildman–Crippen LogP) is 3.95. The van der Waals surface area contributed by atoms with Crippen molar-refractivity contribution < 1.29 is 0 Å². The first kappa shape index (κ1) is 11.6. The maximum absolute atomic E-state index is 6.66. The molecule has 0 unspecified atom stereocenters. The Hall–Kier alpha value is -0.530. The van der Waals surface area contributed by atoms with Crippen molar-refractivity contribution in [2.24, 2.45) is 5.73 Å². The number of halogens is 1. The van der Waals surface area contributed by atoms with E-state index in [1.807, 2.05) is 0 Å². The van der Waals surface area contributed by atoms with Crippen LogP contribution >= 0.6 is 11.6 Å². The maximum atomic E-state index is 6.66. The van der Waals surface area contributed by atoms with E-state index in [0.717, 1.165) is 17.9 Å². The van der Waals surface area contributed by atoms with Gasteiger partial charge in [0.25, 0.3) is 0 Å². The van der Waals surface area contributed by atoms with Crippen molar-refractivity contribution in [2.75, 3.05) is 0 Å². The van der Waals surface area contributed by atoms with Gasteiger partial charge in [-0.2, -0.15) is 0 Å². The zero-order valence-corrected chi connectivity index (χ0v) is 11.0. The topological polar surface area (TPSA) is 26.0 Å². The third-order valence-corrected chi connectivity index (χ3v) is 4.68. The number of hydrogen-bond donors (Lipinski definition) is 1. The number of hydrogen-bond acceptors (Lipinski definition) is 1. The van der Waals surface area contributed by atoms with Crippen LogP contribution in [0.15, 0.2) is 12.1 Å². The summed E-state index contributed by atoms with van der Waals surface area (Å²) in [4.78, 5) is 0. The SMILES string of the molecule is NC1(c2cc(Cl)cc3c2CCC3)CCCCC1. The number of nitrogens with two attached hydrogens (primary N) is 1. The Labute approximate surface area is 108 Å². The zero-order valence-electron chi connectivity index (χ0n) is 10.3. The first-order chi connectivity index (χ1) is 8.19. The zero-order chi connectivity index (χ0) is 11.9.